The van der Waals surface area contributed by atoms with Gasteiger partial charge in [0.1, 0.15) is 0 Å². The third-order valence-corrected chi connectivity index (χ3v) is 3.07. The van der Waals surface area contributed by atoms with Crippen LogP contribution in [0.15, 0.2) is 6.20 Å². The van der Waals surface area contributed by atoms with E-state index in [-0.39, 0.29) is 12.5 Å². The third-order valence-electron chi connectivity index (χ3n) is 3.07. The van der Waals surface area contributed by atoms with Crippen LogP contribution in [0.3, 0.4) is 0 Å². The van der Waals surface area contributed by atoms with Crippen molar-refractivity contribution in [1.82, 2.24) is 15.0 Å². The first kappa shape index (κ1) is 13.0. The number of unbranched alkanes of at least 4 members (excludes halogenated alkanes) is 1. The molecular formula is C12H19N3O3. The van der Waals surface area contributed by atoms with Gasteiger partial charge in [-0.15, -0.1) is 5.10 Å². The average molecular weight is 253 g/mol. The van der Waals surface area contributed by atoms with Crippen LogP contribution in [0.2, 0.25) is 0 Å². The van der Waals surface area contributed by atoms with Gasteiger partial charge in [0.15, 0.2) is 0 Å². The van der Waals surface area contributed by atoms with Gasteiger partial charge in [0, 0.05) is 19.2 Å². The fourth-order valence-electron chi connectivity index (χ4n) is 2.12. The molecule has 1 atom stereocenters. The van der Waals surface area contributed by atoms with Crippen LogP contribution in [-0.4, -0.2) is 38.8 Å². The van der Waals surface area contributed by atoms with E-state index in [9.17, 15) is 4.79 Å². The molecule has 1 fully saturated rings. The van der Waals surface area contributed by atoms with Gasteiger partial charge in [0.05, 0.1) is 18.3 Å². The van der Waals surface area contributed by atoms with Gasteiger partial charge in [-0.25, -0.2) is 4.68 Å². The first-order valence-corrected chi connectivity index (χ1v) is 6.46. The van der Waals surface area contributed by atoms with Crippen LogP contribution in [0.25, 0.3) is 0 Å². The maximum Gasteiger partial charge on any atom is 0.303 e. The molecule has 0 bridgehead atoms. The Labute approximate surface area is 106 Å². The second-order valence-corrected chi connectivity index (χ2v) is 4.67. The highest BCUT2D eigenvalue weighted by molar-refractivity contribution is 5.66. The van der Waals surface area contributed by atoms with Crippen LogP contribution in [0.4, 0.5) is 0 Å². The van der Waals surface area contributed by atoms with Crippen molar-refractivity contribution >= 4 is 5.97 Å². The second kappa shape index (κ2) is 6.49. The summed E-state index contributed by atoms with van der Waals surface area (Å²) < 4.78 is 7.36. The van der Waals surface area contributed by atoms with E-state index >= 15 is 0 Å². The average Bonchev–Trinajstić information content (AvgIpc) is 2.97. The summed E-state index contributed by atoms with van der Waals surface area (Å²) >= 11 is 0. The van der Waals surface area contributed by atoms with E-state index in [0.29, 0.717) is 6.42 Å². The fourth-order valence-corrected chi connectivity index (χ4v) is 2.12. The summed E-state index contributed by atoms with van der Waals surface area (Å²) in [5.41, 5.74) is 0.929. The number of ether oxygens (including phenoxy) is 1. The maximum atomic E-state index is 10.4. The monoisotopic (exact) mass is 253 g/mol. The van der Waals surface area contributed by atoms with Crippen molar-refractivity contribution in [1.29, 1.82) is 0 Å². The molecule has 1 aliphatic heterocycles. The van der Waals surface area contributed by atoms with Crippen molar-refractivity contribution in [2.75, 3.05) is 6.61 Å². The van der Waals surface area contributed by atoms with E-state index in [0.717, 1.165) is 44.5 Å². The Bertz CT molecular complexity index is 386. The topological polar surface area (TPSA) is 77.2 Å². The molecule has 1 unspecified atom stereocenters. The van der Waals surface area contributed by atoms with Crippen molar-refractivity contribution in [2.45, 2.75) is 51.2 Å². The second-order valence-electron chi connectivity index (χ2n) is 4.67. The van der Waals surface area contributed by atoms with Crippen molar-refractivity contribution < 1.29 is 14.6 Å². The Hall–Kier alpha value is -1.43. The number of aliphatic carboxylic acids is 1. The summed E-state index contributed by atoms with van der Waals surface area (Å²) in [7, 11) is 0. The molecule has 1 N–H and O–H groups in total. The molecule has 1 aromatic heterocycles. The molecule has 0 aliphatic carbocycles. The minimum absolute atomic E-state index is 0.226. The number of carboxylic acid groups (broad SMARTS) is 1. The lowest BCUT2D eigenvalue weighted by Crippen LogP contribution is -2.15. The Morgan fingerprint density at radius 2 is 2.44 bits per heavy atom. The molecule has 0 aromatic carbocycles. The molecule has 2 rings (SSSR count). The van der Waals surface area contributed by atoms with Crippen LogP contribution in [0.5, 0.6) is 0 Å². The summed E-state index contributed by atoms with van der Waals surface area (Å²) in [6, 6.07) is 0. The zero-order chi connectivity index (χ0) is 12.8. The third kappa shape index (κ3) is 4.10. The van der Waals surface area contributed by atoms with Gasteiger partial charge in [0.2, 0.25) is 0 Å². The van der Waals surface area contributed by atoms with Crippen LogP contribution in [0, 0.1) is 0 Å². The highest BCUT2D eigenvalue weighted by Crippen LogP contribution is 2.13. The first-order chi connectivity index (χ1) is 8.74. The molecule has 1 saturated heterocycles. The largest absolute Gasteiger partial charge is 0.481 e. The van der Waals surface area contributed by atoms with E-state index in [1.54, 1.807) is 0 Å². The van der Waals surface area contributed by atoms with E-state index < -0.39 is 5.97 Å². The van der Waals surface area contributed by atoms with Gasteiger partial charge in [0.25, 0.3) is 0 Å². The molecule has 1 aromatic rings. The minimum Gasteiger partial charge on any atom is -0.481 e. The lowest BCUT2D eigenvalue weighted by molar-refractivity contribution is -0.137. The Morgan fingerprint density at radius 1 is 1.56 bits per heavy atom. The van der Waals surface area contributed by atoms with E-state index in [1.807, 2.05) is 10.9 Å². The van der Waals surface area contributed by atoms with Gasteiger partial charge in [-0.3, -0.25) is 4.79 Å². The summed E-state index contributed by atoms with van der Waals surface area (Å²) in [4.78, 5) is 10.4. The van der Waals surface area contributed by atoms with E-state index in [2.05, 4.69) is 10.3 Å². The predicted octanol–water partition coefficient (Wildman–Crippen LogP) is 1.25. The maximum absolute atomic E-state index is 10.4. The summed E-state index contributed by atoms with van der Waals surface area (Å²) in [5.74, 6) is -0.739. The fraction of sp³-hybridized carbons (Fsp3) is 0.750. The molecule has 2 heterocycles. The first-order valence-electron chi connectivity index (χ1n) is 6.46. The standard InChI is InChI=1S/C12H19N3O3/c16-12(17)6-2-1-4-10-8-15(14-13-10)9-11-5-3-7-18-11/h8,11H,1-7,9H2,(H,16,17). The molecule has 0 amide bonds. The van der Waals surface area contributed by atoms with Crippen LogP contribution in [-0.2, 0) is 22.5 Å². The number of hydrogen-bond acceptors (Lipinski definition) is 4. The zero-order valence-corrected chi connectivity index (χ0v) is 10.4. The predicted molar refractivity (Wildman–Crippen MR) is 64.2 cm³/mol. The minimum atomic E-state index is -0.739. The van der Waals surface area contributed by atoms with Crippen LogP contribution >= 0.6 is 0 Å². The van der Waals surface area contributed by atoms with Crippen LogP contribution in [0.1, 0.15) is 37.8 Å². The molecule has 0 saturated carbocycles. The smallest absolute Gasteiger partial charge is 0.303 e. The van der Waals surface area contributed by atoms with Gasteiger partial charge < -0.3 is 9.84 Å². The molecule has 1 aliphatic rings. The van der Waals surface area contributed by atoms with Crippen molar-refractivity contribution in [3.8, 4) is 0 Å². The number of aromatic nitrogens is 3. The van der Waals surface area contributed by atoms with E-state index in [4.69, 9.17) is 9.84 Å². The number of nitrogens with zero attached hydrogens (tertiary/aromatic N) is 3. The number of hydrogen-bond donors (Lipinski definition) is 1. The number of carbonyl (C=O) groups is 1. The highest BCUT2D eigenvalue weighted by atomic mass is 16.5. The molecule has 6 heteroatoms. The summed E-state index contributed by atoms with van der Waals surface area (Å²) in [5, 5.41) is 16.7. The van der Waals surface area contributed by atoms with Gasteiger partial charge in [-0.1, -0.05) is 5.21 Å². The van der Waals surface area contributed by atoms with Gasteiger partial charge in [-0.05, 0) is 32.1 Å². The zero-order valence-electron chi connectivity index (χ0n) is 10.4. The molecule has 6 nitrogen and oxygen atoms in total. The Kier molecular flexibility index (Phi) is 4.69. The lowest BCUT2D eigenvalue weighted by Gasteiger charge is -2.07. The quantitative estimate of drug-likeness (QED) is 0.740. The molecular weight excluding hydrogens is 234 g/mol. The SMILES string of the molecule is O=C(O)CCCCc1cn(CC2CCCO2)nn1. The number of carboxylic acids is 1. The van der Waals surface area contributed by atoms with Crippen molar-refractivity contribution in [3.05, 3.63) is 11.9 Å². The molecule has 0 spiro atoms. The van der Waals surface area contributed by atoms with Crippen LogP contribution < -0.4 is 0 Å². The lowest BCUT2D eigenvalue weighted by atomic mass is 10.1. The number of aryl methyl sites for hydroxylation is 1. The highest BCUT2D eigenvalue weighted by Gasteiger charge is 2.16. The molecule has 100 valence electrons. The molecule has 0 radical (unpaired) electrons. The number of rotatable bonds is 7. The Morgan fingerprint density at radius 3 is 3.17 bits per heavy atom. The summed E-state index contributed by atoms with van der Waals surface area (Å²) in [6.07, 6.45) is 6.96. The normalized spacial score (nSPS) is 19.2. The van der Waals surface area contributed by atoms with E-state index in [1.165, 1.54) is 0 Å². The van der Waals surface area contributed by atoms with Crippen molar-refractivity contribution in [2.24, 2.45) is 0 Å². The summed E-state index contributed by atoms with van der Waals surface area (Å²) in [6.45, 7) is 1.61. The van der Waals surface area contributed by atoms with Gasteiger partial charge in [-0.2, -0.15) is 0 Å². The van der Waals surface area contributed by atoms with Gasteiger partial charge >= 0.3 is 5.97 Å². The molecule has 18 heavy (non-hydrogen) atoms. The van der Waals surface area contributed by atoms with Crippen molar-refractivity contribution in [3.63, 3.8) is 0 Å². The Balaban J connectivity index is 1.70.